The second-order valence-corrected chi connectivity index (χ2v) is 9.44. The van der Waals surface area contributed by atoms with Gasteiger partial charge in [0.05, 0.1) is 19.3 Å². The summed E-state index contributed by atoms with van der Waals surface area (Å²) >= 11 is 0. The van der Waals surface area contributed by atoms with Crippen molar-refractivity contribution in [1.29, 1.82) is 0 Å². The fourth-order valence-corrected chi connectivity index (χ4v) is 4.97. The zero-order valence-corrected chi connectivity index (χ0v) is 20.0. The molecule has 2 fully saturated rings. The number of rotatable bonds is 6. The number of carbonyl (C=O) groups is 3. The van der Waals surface area contributed by atoms with Crippen molar-refractivity contribution in [3.8, 4) is 0 Å². The third-order valence-corrected chi connectivity index (χ3v) is 6.94. The van der Waals surface area contributed by atoms with Gasteiger partial charge in [0.25, 0.3) is 0 Å². The molecular weight excluding hydrogens is 462 g/mol. The second-order valence-electron chi connectivity index (χ2n) is 9.44. The van der Waals surface area contributed by atoms with E-state index in [1.54, 1.807) is 4.90 Å². The Labute approximate surface area is 209 Å². The van der Waals surface area contributed by atoms with E-state index in [-0.39, 0.29) is 24.3 Å². The molecule has 4 amide bonds. The quantitative estimate of drug-likeness (QED) is 0.449. The highest BCUT2D eigenvalue weighted by Gasteiger charge is 2.39. The fourth-order valence-electron chi connectivity index (χ4n) is 4.97. The summed E-state index contributed by atoms with van der Waals surface area (Å²) in [6, 6.07) is 12.6. The van der Waals surface area contributed by atoms with Crippen molar-refractivity contribution in [3.05, 3.63) is 64.7 Å². The minimum atomic E-state index is -0.902. The first-order valence-electron chi connectivity index (χ1n) is 12.3. The molecular formula is C26H31N5O5. The first-order chi connectivity index (χ1) is 17.5. The molecule has 0 aromatic heterocycles. The van der Waals surface area contributed by atoms with E-state index in [2.05, 4.69) is 20.9 Å². The standard InChI is InChI=1S/C26H31N5O5/c32-23-8-7-22(24(33)29-23)31-16-19-13-18(3-6-21(19)25(31)34)14-27-26(35)28-20-4-1-17(2-5-20)15-30-9-11-36-12-10-30/h1-6,13,22,25,34H,7-12,14-16H2,(H2,27,28,35)(H,29,32,33). The molecule has 3 aliphatic rings. The number of carbonyl (C=O) groups excluding carboxylic acids is 3. The van der Waals surface area contributed by atoms with Crippen LogP contribution in [-0.4, -0.2) is 65.1 Å². The van der Waals surface area contributed by atoms with Crippen molar-refractivity contribution in [1.82, 2.24) is 20.4 Å². The van der Waals surface area contributed by atoms with Crippen LogP contribution in [-0.2, 0) is 34.0 Å². The average molecular weight is 494 g/mol. The van der Waals surface area contributed by atoms with Crippen molar-refractivity contribution in [2.24, 2.45) is 0 Å². The Hall–Kier alpha value is -3.31. The number of imide groups is 1. The summed E-state index contributed by atoms with van der Waals surface area (Å²) in [5.74, 6) is -0.649. The van der Waals surface area contributed by atoms with E-state index in [4.69, 9.17) is 4.74 Å². The van der Waals surface area contributed by atoms with Gasteiger partial charge in [-0.3, -0.25) is 24.7 Å². The molecule has 2 saturated heterocycles. The third-order valence-electron chi connectivity index (χ3n) is 6.94. The predicted molar refractivity (Wildman–Crippen MR) is 132 cm³/mol. The van der Waals surface area contributed by atoms with Gasteiger partial charge in [0.1, 0.15) is 6.23 Å². The van der Waals surface area contributed by atoms with Gasteiger partial charge in [0, 0.05) is 44.8 Å². The van der Waals surface area contributed by atoms with E-state index in [0.29, 0.717) is 19.5 Å². The molecule has 10 nitrogen and oxygen atoms in total. The molecule has 0 radical (unpaired) electrons. The number of anilines is 1. The van der Waals surface area contributed by atoms with E-state index in [9.17, 15) is 19.5 Å². The number of fused-ring (bicyclic) bond motifs is 1. The third kappa shape index (κ3) is 5.57. The van der Waals surface area contributed by atoms with Crippen LogP contribution in [0.1, 0.15) is 41.3 Å². The molecule has 0 saturated carbocycles. The fraction of sp³-hybridized carbons (Fsp3) is 0.423. The number of nitrogens with zero attached hydrogens (tertiary/aromatic N) is 2. The van der Waals surface area contributed by atoms with E-state index in [1.165, 1.54) is 5.56 Å². The molecule has 2 atom stereocenters. The van der Waals surface area contributed by atoms with Gasteiger partial charge in [-0.25, -0.2) is 4.79 Å². The number of hydrogen-bond donors (Lipinski definition) is 4. The van der Waals surface area contributed by atoms with Crippen molar-refractivity contribution >= 4 is 23.5 Å². The molecule has 3 aliphatic heterocycles. The summed E-state index contributed by atoms with van der Waals surface area (Å²) < 4.78 is 5.38. The van der Waals surface area contributed by atoms with Crippen molar-refractivity contribution in [2.75, 3.05) is 31.6 Å². The van der Waals surface area contributed by atoms with Crippen LogP contribution in [0, 0.1) is 0 Å². The number of hydrogen-bond acceptors (Lipinski definition) is 7. The first-order valence-corrected chi connectivity index (χ1v) is 12.3. The summed E-state index contributed by atoms with van der Waals surface area (Å²) in [6.45, 7) is 4.98. The molecule has 2 unspecified atom stereocenters. The number of aliphatic hydroxyl groups excluding tert-OH is 1. The zero-order valence-electron chi connectivity index (χ0n) is 20.0. The summed E-state index contributed by atoms with van der Waals surface area (Å²) in [5.41, 5.74) is 4.44. The number of aliphatic hydroxyl groups is 1. The molecule has 10 heteroatoms. The molecule has 5 rings (SSSR count). The minimum Gasteiger partial charge on any atom is -0.379 e. The number of nitrogens with one attached hydrogen (secondary N) is 3. The van der Waals surface area contributed by atoms with Gasteiger partial charge < -0.3 is 20.5 Å². The number of urea groups is 1. The summed E-state index contributed by atoms with van der Waals surface area (Å²) in [6.07, 6.45) is -0.254. The van der Waals surface area contributed by atoms with Gasteiger partial charge in [-0.1, -0.05) is 30.3 Å². The maximum Gasteiger partial charge on any atom is 0.319 e. The number of amides is 4. The summed E-state index contributed by atoms with van der Waals surface area (Å²) in [4.78, 5) is 40.2. The Morgan fingerprint density at radius 1 is 1.08 bits per heavy atom. The maximum absolute atomic E-state index is 12.4. The lowest BCUT2D eigenvalue weighted by molar-refractivity contribution is -0.141. The van der Waals surface area contributed by atoms with Crippen LogP contribution >= 0.6 is 0 Å². The number of benzene rings is 2. The van der Waals surface area contributed by atoms with Crippen LogP contribution in [0.25, 0.3) is 0 Å². The number of piperidine rings is 1. The summed E-state index contributed by atoms with van der Waals surface area (Å²) in [5, 5.41) is 18.8. The van der Waals surface area contributed by atoms with E-state index in [1.807, 2.05) is 42.5 Å². The minimum absolute atomic E-state index is 0.261. The van der Waals surface area contributed by atoms with E-state index in [0.717, 1.165) is 55.2 Å². The Balaban J connectivity index is 1.12. The molecule has 2 aromatic carbocycles. The largest absolute Gasteiger partial charge is 0.379 e. The molecule has 36 heavy (non-hydrogen) atoms. The molecule has 2 aromatic rings. The predicted octanol–water partition coefficient (Wildman–Crippen LogP) is 1.45. The SMILES string of the molecule is O=C1CCC(N2Cc3cc(CNC(=O)Nc4ccc(CN5CCOCC5)cc4)ccc3C2O)C(=O)N1. The molecule has 0 aliphatic carbocycles. The van der Waals surface area contributed by atoms with Gasteiger partial charge >= 0.3 is 6.03 Å². The van der Waals surface area contributed by atoms with Crippen LogP contribution < -0.4 is 16.0 Å². The smallest absolute Gasteiger partial charge is 0.319 e. The van der Waals surface area contributed by atoms with Crippen LogP contribution in [0.3, 0.4) is 0 Å². The lowest BCUT2D eigenvalue weighted by atomic mass is 10.0. The van der Waals surface area contributed by atoms with Gasteiger partial charge in [0.15, 0.2) is 0 Å². The molecule has 0 spiro atoms. The Morgan fingerprint density at radius 3 is 2.58 bits per heavy atom. The van der Waals surface area contributed by atoms with Gasteiger partial charge in [-0.05, 0) is 40.8 Å². The Kier molecular flexibility index (Phi) is 7.28. The van der Waals surface area contributed by atoms with Gasteiger partial charge in [-0.2, -0.15) is 0 Å². The first kappa shape index (κ1) is 24.4. The second kappa shape index (κ2) is 10.8. The monoisotopic (exact) mass is 493 g/mol. The van der Waals surface area contributed by atoms with Crippen LogP contribution in [0.15, 0.2) is 42.5 Å². The van der Waals surface area contributed by atoms with Crippen LogP contribution in [0.4, 0.5) is 10.5 Å². The van der Waals surface area contributed by atoms with Crippen LogP contribution in [0.2, 0.25) is 0 Å². The van der Waals surface area contributed by atoms with Crippen molar-refractivity contribution in [3.63, 3.8) is 0 Å². The van der Waals surface area contributed by atoms with E-state index >= 15 is 0 Å². The lowest BCUT2D eigenvalue weighted by Gasteiger charge is -2.31. The molecule has 4 N–H and O–H groups in total. The highest BCUT2D eigenvalue weighted by molar-refractivity contribution is 6.00. The Bertz CT molecular complexity index is 1130. The highest BCUT2D eigenvalue weighted by Crippen LogP contribution is 2.35. The molecule has 190 valence electrons. The molecule has 3 heterocycles. The summed E-state index contributed by atoms with van der Waals surface area (Å²) in [7, 11) is 0. The topological polar surface area (TPSA) is 123 Å². The zero-order chi connectivity index (χ0) is 25.1. The van der Waals surface area contributed by atoms with Crippen LogP contribution in [0.5, 0.6) is 0 Å². The van der Waals surface area contributed by atoms with E-state index < -0.39 is 12.3 Å². The van der Waals surface area contributed by atoms with Gasteiger partial charge in [0.2, 0.25) is 11.8 Å². The lowest BCUT2D eigenvalue weighted by Crippen LogP contribution is -2.51. The number of ether oxygens (including phenoxy) is 1. The Morgan fingerprint density at radius 2 is 1.83 bits per heavy atom. The normalized spacial score (nSPS) is 22.7. The maximum atomic E-state index is 12.4. The van der Waals surface area contributed by atoms with Gasteiger partial charge in [-0.15, -0.1) is 0 Å². The molecule has 0 bridgehead atoms. The number of morpholine rings is 1. The highest BCUT2D eigenvalue weighted by atomic mass is 16.5. The van der Waals surface area contributed by atoms with Crippen molar-refractivity contribution < 1.29 is 24.2 Å². The average Bonchev–Trinajstić information content (AvgIpc) is 3.20. The van der Waals surface area contributed by atoms with Crippen molar-refractivity contribution in [2.45, 2.75) is 44.7 Å².